The molecule has 25 nitrogen and oxygen atoms in total. The van der Waals surface area contributed by atoms with Crippen LogP contribution < -0.4 is 0 Å². The van der Waals surface area contributed by atoms with Crippen LogP contribution in [0.2, 0.25) is 0 Å². The fourth-order valence-electron chi connectivity index (χ4n) is 13.3. The Labute approximate surface area is 433 Å². The summed E-state index contributed by atoms with van der Waals surface area (Å²) in [6, 6.07) is 0. The monoisotopic (exact) mass is 1080 g/mol. The first kappa shape index (κ1) is 58.0. The smallest absolute Gasteiger partial charge is 0.330 e. The fraction of sp³-hybridized carbons (Fsp3) is 0.940. The molecule has 0 bridgehead atoms. The maximum absolute atomic E-state index is 12.8. The number of hydrogen-bond acceptors (Lipinski definition) is 25. The van der Waals surface area contributed by atoms with Gasteiger partial charge in [0.25, 0.3) is 0 Å². The molecule has 430 valence electrons. The van der Waals surface area contributed by atoms with Crippen LogP contribution >= 0.6 is 0 Å². The van der Waals surface area contributed by atoms with Crippen LogP contribution in [0.1, 0.15) is 77.0 Å². The molecular formula is C50H80O25. The molecule has 75 heavy (non-hydrogen) atoms. The van der Waals surface area contributed by atoms with Gasteiger partial charge in [0.1, 0.15) is 73.8 Å². The third-order valence-electron chi connectivity index (χ3n) is 17.7. The highest BCUT2D eigenvalue weighted by Gasteiger charge is 2.60. The number of carbonyl (C=O) groups is 1. The van der Waals surface area contributed by atoms with Crippen molar-refractivity contribution in [2.24, 2.45) is 29.6 Å². The number of ether oxygens (including phenoxy) is 10. The minimum atomic E-state index is -1.95. The molecule has 9 rings (SSSR count). The molecule has 9 aliphatic rings. The van der Waals surface area contributed by atoms with E-state index in [0.717, 1.165) is 0 Å². The van der Waals surface area contributed by atoms with Gasteiger partial charge >= 0.3 is 5.97 Å². The van der Waals surface area contributed by atoms with Crippen LogP contribution in [-0.4, -0.2) is 264 Å². The number of carbonyl (C=O) groups excluding carboxylic acids is 1. The van der Waals surface area contributed by atoms with Gasteiger partial charge in [-0.1, -0.05) is 6.08 Å². The van der Waals surface area contributed by atoms with Gasteiger partial charge in [-0.25, -0.2) is 4.79 Å². The number of esters is 1. The van der Waals surface area contributed by atoms with Crippen LogP contribution in [0, 0.1) is 29.6 Å². The molecule has 4 aliphatic carbocycles. The lowest BCUT2D eigenvalue weighted by Gasteiger charge is -2.59. The highest BCUT2D eigenvalue weighted by molar-refractivity contribution is 5.81. The molecule has 9 fully saturated rings. The summed E-state index contributed by atoms with van der Waals surface area (Å²) in [7, 11) is 1.49. The summed E-state index contributed by atoms with van der Waals surface area (Å²) in [6.45, 7) is -1.76. The minimum Gasteiger partial charge on any atom is -0.460 e. The molecule has 5 aliphatic heterocycles. The third kappa shape index (κ3) is 12.8. The van der Waals surface area contributed by atoms with Crippen molar-refractivity contribution in [1.29, 1.82) is 0 Å². The lowest BCUT2D eigenvalue weighted by atomic mass is 9.63. The highest BCUT2D eigenvalue weighted by atomic mass is 16.8. The van der Waals surface area contributed by atoms with Crippen LogP contribution in [0.5, 0.6) is 0 Å². The second-order valence-electron chi connectivity index (χ2n) is 22.6. The summed E-state index contributed by atoms with van der Waals surface area (Å²) in [5.74, 6) is -2.35. The third-order valence-corrected chi connectivity index (χ3v) is 17.7. The van der Waals surface area contributed by atoms with Crippen LogP contribution in [0.3, 0.4) is 0 Å². The van der Waals surface area contributed by atoms with Gasteiger partial charge in [0.15, 0.2) is 18.9 Å². The number of methoxy groups -OCH3 is 1. The van der Waals surface area contributed by atoms with Gasteiger partial charge in [0.05, 0.1) is 86.5 Å². The van der Waals surface area contributed by atoms with Crippen LogP contribution in [0.25, 0.3) is 0 Å². The second-order valence-corrected chi connectivity index (χ2v) is 22.6. The van der Waals surface area contributed by atoms with Gasteiger partial charge in [-0.2, -0.15) is 0 Å². The molecule has 0 spiro atoms. The van der Waals surface area contributed by atoms with Crippen LogP contribution in [0.4, 0.5) is 0 Å². The first-order valence-corrected chi connectivity index (χ1v) is 26.9. The quantitative estimate of drug-likeness (QED) is 0.0573. The van der Waals surface area contributed by atoms with Crippen molar-refractivity contribution in [3.63, 3.8) is 0 Å². The molecule has 5 heterocycles. The molecule has 0 amide bonds. The molecular weight excluding hydrogens is 1000 g/mol. The molecule has 14 N–H and O–H groups in total. The van der Waals surface area contributed by atoms with Crippen molar-refractivity contribution in [2.45, 2.75) is 236 Å². The van der Waals surface area contributed by atoms with E-state index in [1.807, 2.05) is 0 Å². The Morgan fingerprint density at radius 1 is 0.520 bits per heavy atom. The normalized spacial score (nSPS) is 52.8. The van der Waals surface area contributed by atoms with Gasteiger partial charge in [-0.05, 0) is 101 Å². The molecule has 5 saturated heterocycles. The molecule has 0 aromatic heterocycles. The number of hydrogen-bond donors (Lipinski definition) is 14. The van der Waals surface area contributed by atoms with Crippen molar-refractivity contribution in [2.75, 3.05) is 26.9 Å². The van der Waals surface area contributed by atoms with E-state index in [-0.39, 0.29) is 49.9 Å². The van der Waals surface area contributed by atoms with Gasteiger partial charge in [-0.3, -0.25) is 0 Å². The summed E-state index contributed by atoms with van der Waals surface area (Å²) in [5, 5.41) is 153. The predicted molar refractivity (Wildman–Crippen MR) is 248 cm³/mol. The van der Waals surface area contributed by atoms with E-state index in [2.05, 4.69) is 0 Å². The SMILES string of the molecule is COC1CC(C=CC(=O)OCC2OC(OCC3OC(OC4C5CC(C6CCC(O)C(O)C6)OC6CC(O)CC(OC4C4CCC(O)C(O)C4)C65)C(OC4OCC(O)C(O)C4O)C(O)C3O)C(O)C(O)C2O)CCC1O. The van der Waals surface area contributed by atoms with Crippen molar-refractivity contribution >= 4 is 5.97 Å². The largest absolute Gasteiger partial charge is 0.460 e. The first-order chi connectivity index (χ1) is 35.8. The molecule has 0 radical (unpaired) electrons. The Bertz CT molecular complexity index is 1860. The second kappa shape index (κ2) is 25.0. The Balaban J connectivity index is 0.958. The van der Waals surface area contributed by atoms with E-state index in [1.165, 1.54) is 13.2 Å². The Kier molecular flexibility index (Phi) is 19.3. The zero-order valence-corrected chi connectivity index (χ0v) is 41.9. The number of aliphatic hydroxyl groups is 14. The summed E-state index contributed by atoms with van der Waals surface area (Å²) < 4.78 is 61.3. The maximum atomic E-state index is 12.8. The number of rotatable bonds is 14. The first-order valence-electron chi connectivity index (χ1n) is 26.9. The average Bonchev–Trinajstić information content (AvgIpc) is 3.40. The highest BCUT2D eigenvalue weighted by Crippen LogP contribution is 2.53. The molecule has 0 aromatic carbocycles. The summed E-state index contributed by atoms with van der Waals surface area (Å²) >= 11 is 0. The van der Waals surface area contributed by atoms with Crippen molar-refractivity contribution < 1.29 is 124 Å². The van der Waals surface area contributed by atoms with Gasteiger partial charge < -0.3 is 119 Å². The van der Waals surface area contributed by atoms with E-state index in [0.29, 0.717) is 44.9 Å². The maximum Gasteiger partial charge on any atom is 0.330 e. The van der Waals surface area contributed by atoms with Gasteiger partial charge in [0.2, 0.25) is 0 Å². The Hall–Kier alpha value is -1.71. The lowest BCUT2D eigenvalue weighted by Crippen LogP contribution is -2.68. The molecule has 0 aromatic rings. The standard InChI is InChI=1S/C50H80O25/c1-66-31-10-19(2-6-26(31)54)3-9-36(58)67-17-34-39(60)41(62)44(65)48(72-34)69-18-35-40(61)42(63)47(75-49-43(64)38(59)29(57)16-68-49)50(73-35)74-46-23-15-30(20-4-7-24(52)27(55)11-20)70-32-13-22(51)14-33(37(23)32)71-45(46)21-5-8-25(53)28(56)12-21/h3,9,19-35,37-57,59-65H,2,4-8,10-18H2,1H3. The Morgan fingerprint density at radius 2 is 1.13 bits per heavy atom. The van der Waals surface area contributed by atoms with E-state index < -0.39 is 197 Å². The molecule has 31 atom stereocenters. The molecule has 25 heteroatoms. The van der Waals surface area contributed by atoms with Crippen molar-refractivity contribution in [3.05, 3.63) is 12.2 Å². The Morgan fingerprint density at radius 3 is 1.84 bits per heavy atom. The zero-order valence-electron chi connectivity index (χ0n) is 41.9. The van der Waals surface area contributed by atoms with Crippen molar-refractivity contribution in [3.8, 4) is 0 Å². The van der Waals surface area contributed by atoms with E-state index in [4.69, 9.17) is 47.4 Å². The van der Waals surface area contributed by atoms with Gasteiger partial charge in [0, 0.05) is 19.1 Å². The number of aliphatic hydroxyl groups excluding tert-OH is 14. The summed E-state index contributed by atoms with van der Waals surface area (Å²) in [6.07, 6.45) is -26.5. The van der Waals surface area contributed by atoms with Gasteiger partial charge in [-0.15, -0.1) is 0 Å². The molecule has 4 saturated carbocycles. The van der Waals surface area contributed by atoms with E-state index >= 15 is 0 Å². The molecule has 31 unspecified atom stereocenters. The summed E-state index contributed by atoms with van der Waals surface area (Å²) in [5.41, 5.74) is 0. The van der Waals surface area contributed by atoms with E-state index in [1.54, 1.807) is 6.08 Å². The average molecular weight is 1080 g/mol. The van der Waals surface area contributed by atoms with Crippen molar-refractivity contribution in [1.82, 2.24) is 0 Å². The minimum absolute atomic E-state index is 0.0770. The zero-order chi connectivity index (χ0) is 53.6. The fourth-order valence-corrected chi connectivity index (χ4v) is 13.3. The van der Waals surface area contributed by atoms with E-state index in [9.17, 15) is 76.3 Å². The number of allylic oxidation sites excluding steroid dienone is 1. The predicted octanol–water partition coefficient (Wildman–Crippen LogP) is -4.90. The summed E-state index contributed by atoms with van der Waals surface area (Å²) in [4.78, 5) is 12.8. The lowest BCUT2D eigenvalue weighted by molar-refractivity contribution is -0.384. The topological polar surface area (TPSA) is 393 Å². The van der Waals surface area contributed by atoms with Crippen LogP contribution in [-0.2, 0) is 52.2 Å². The van der Waals surface area contributed by atoms with Crippen LogP contribution in [0.15, 0.2) is 12.2 Å².